The quantitative estimate of drug-likeness (QED) is 0.393. The highest BCUT2D eigenvalue weighted by Gasteiger charge is 2.30. The van der Waals surface area contributed by atoms with Crippen LogP contribution in [0.4, 0.5) is 5.69 Å². The summed E-state index contributed by atoms with van der Waals surface area (Å²) in [5.41, 5.74) is 3.05. The van der Waals surface area contributed by atoms with Gasteiger partial charge in [-0.05, 0) is 60.5 Å². The molecule has 170 valence electrons. The van der Waals surface area contributed by atoms with Crippen molar-refractivity contribution >= 4 is 46.9 Å². The molecule has 0 bridgehead atoms. The van der Waals surface area contributed by atoms with Gasteiger partial charge in [0, 0.05) is 16.2 Å². The molecule has 1 aliphatic heterocycles. The summed E-state index contributed by atoms with van der Waals surface area (Å²) in [5, 5.41) is 11.5. The number of amides is 1. The van der Waals surface area contributed by atoms with E-state index >= 15 is 0 Å². The van der Waals surface area contributed by atoms with Crippen molar-refractivity contribution in [3.05, 3.63) is 112 Å². The number of esters is 1. The number of aromatic carboxylic acids is 1. The Morgan fingerprint density at radius 3 is 2.38 bits per heavy atom. The minimum atomic E-state index is -1.43. The molecule has 0 N–H and O–H groups in total. The molecular weight excluding hydrogens is 454 g/mol. The van der Waals surface area contributed by atoms with Gasteiger partial charge < -0.3 is 14.6 Å². The van der Waals surface area contributed by atoms with E-state index in [4.69, 9.17) is 16.3 Å². The molecule has 1 amide bonds. The molecule has 4 rings (SSSR count). The molecule has 34 heavy (non-hydrogen) atoms. The van der Waals surface area contributed by atoms with Crippen molar-refractivity contribution in [1.82, 2.24) is 0 Å². The Labute approximate surface area is 201 Å². The molecule has 0 radical (unpaired) electrons. The second kappa shape index (κ2) is 9.77. The van der Waals surface area contributed by atoms with Gasteiger partial charge in [-0.3, -0.25) is 9.69 Å². The zero-order chi connectivity index (χ0) is 24.2. The number of carboxylic acid groups (broad SMARTS) is 1. The van der Waals surface area contributed by atoms with E-state index in [1.54, 1.807) is 49.4 Å². The zero-order valence-corrected chi connectivity index (χ0v) is 18.9. The second-order valence-electron chi connectivity index (χ2n) is 7.43. The maximum Gasteiger partial charge on any atom is 0.338 e. The fourth-order valence-electron chi connectivity index (χ4n) is 3.61. The molecule has 3 aromatic carbocycles. The van der Waals surface area contributed by atoms with E-state index in [2.05, 4.69) is 0 Å². The summed E-state index contributed by atoms with van der Waals surface area (Å²) in [6, 6.07) is 20.3. The topological polar surface area (TPSA) is 86.7 Å². The smallest absolute Gasteiger partial charge is 0.338 e. The standard InChI is InChI=1S/C27H20ClNO5/c1-2-34-27(33)19-10-8-17(9-11-19)14-20-15-24(18-6-4-3-5-7-18)29(25(20)30)21-12-13-23(28)22(16-21)26(31)32/h3-16H,2H2,1H3,(H,31,32)/p-1/b20-14-. The van der Waals surface area contributed by atoms with Crippen LogP contribution in [-0.2, 0) is 9.53 Å². The van der Waals surface area contributed by atoms with Crippen molar-refractivity contribution in [2.75, 3.05) is 11.5 Å². The predicted octanol–water partition coefficient (Wildman–Crippen LogP) is 4.35. The van der Waals surface area contributed by atoms with Gasteiger partial charge in [0.05, 0.1) is 29.5 Å². The average molecular weight is 473 g/mol. The van der Waals surface area contributed by atoms with Crippen LogP contribution in [0.25, 0.3) is 11.8 Å². The lowest BCUT2D eigenvalue weighted by Crippen LogP contribution is -2.27. The molecule has 0 atom stereocenters. The van der Waals surface area contributed by atoms with E-state index in [9.17, 15) is 19.5 Å². The minimum Gasteiger partial charge on any atom is -0.545 e. The normalized spacial score (nSPS) is 14.3. The van der Waals surface area contributed by atoms with Crippen molar-refractivity contribution in [2.45, 2.75) is 6.92 Å². The van der Waals surface area contributed by atoms with Crippen LogP contribution in [0.15, 0.2) is 84.4 Å². The van der Waals surface area contributed by atoms with Crippen molar-refractivity contribution in [2.24, 2.45) is 0 Å². The van der Waals surface area contributed by atoms with Gasteiger partial charge in [0.15, 0.2) is 0 Å². The van der Waals surface area contributed by atoms with Crippen LogP contribution in [0, 0.1) is 0 Å². The number of carbonyl (C=O) groups excluding carboxylic acids is 3. The van der Waals surface area contributed by atoms with E-state index in [1.807, 2.05) is 30.3 Å². The number of anilines is 1. The van der Waals surface area contributed by atoms with Gasteiger partial charge in [0.25, 0.3) is 5.91 Å². The number of nitrogens with zero attached hydrogens (tertiary/aromatic N) is 1. The Hall–Kier alpha value is -4.16. The van der Waals surface area contributed by atoms with Gasteiger partial charge in [-0.15, -0.1) is 0 Å². The lowest BCUT2D eigenvalue weighted by Gasteiger charge is -2.22. The van der Waals surface area contributed by atoms with Gasteiger partial charge in [0.1, 0.15) is 0 Å². The lowest BCUT2D eigenvalue weighted by atomic mass is 10.1. The van der Waals surface area contributed by atoms with Crippen LogP contribution in [-0.4, -0.2) is 24.5 Å². The Balaban J connectivity index is 1.75. The maximum atomic E-state index is 13.5. The summed E-state index contributed by atoms with van der Waals surface area (Å²) in [6.07, 6.45) is 3.44. The number of hydrogen-bond acceptors (Lipinski definition) is 5. The molecule has 1 heterocycles. The second-order valence-corrected chi connectivity index (χ2v) is 7.84. The van der Waals surface area contributed by atoms with Crippen molar-refractivity contribution in [3.63, 3.8) is 0 Å². The first kappa shape index (κ1) is 23.0. The SMILES string of the molecule is CCOC(=O)c1ccc(/C=C2/C=C(c3ccccc3)N(c3ccc(Cl)c(C(=O)[O-])c3)C2=O)cc1. The highest BCUT2D eigenvalue weighted by atomic mass is 35.5. The molecule has 0 spiro atoms. The molecule has 0 saturated heterocycles. The number of rotatable bonds is 6. The first-order valence-corrected chi connectivity index (χ1v) is 10.9. The predicted molar refractivity (Wildman–Crippen MR) is 128 cm³/mol. The number of carboxylic acids is 1. The molecule has 0 saturated carbocycles. The number of carbonyl (C=O) groups is 3. The highest BCUT2D eigenvalue weighted by Crippen LogP contribution is 2.36. The fraction of sp³-hybridized carbons (Fsp3) is 0.0741. The molecule has 0 unspecified atom stereocenters. The van der Waals surface area contributed by atoms with Gasteiger partial charge in [0.2, 0.25) is 0 Å². The molecule has 6 nitrogen and oxygen atoms in total. The van der Waals surface area contributed by atoms with E-state index in [-0.39, 0.29) is 23.1 Å². The van der Waals surface area contributed by atoms with Gasteiger partial charge in [-0.2, -0.15) is 0 Å². The van der Waals surface area contributed by atoms with Crippen molar-refractivity contribution in [3.8, 4) is 0 Å². The maximum absolute atomic E-state index is 13.5. The molecule has 0 aromatic heterocycles. The zero-order valence-electron chi connectivity index (χ0n) is 18.2. The van der Waals surface area contributed by atoms with Gasteiger partial charge >= 0.3 is 5.97 Å². The van der Waals surface area contributed by atoms with Crippen LogP contribution in [0.2, 0.25) is 5.02 Å². The number of benzene rings is 3. The van der Waals surface area contributed by atoms with Crippen LogP contribution in [0.5, 0.6) is 0 Å². The molecule has 1 aliphatic rings. The summed E-state index contributed by atoms with van der Waals surface area (Å²) in [5.74, 6) is -2.18. The van der Waals surface area contributed by atoms with E-state index < -0.39 is 11.9 Å². The largest absolute Gasteiger partial charge is 0.545 e. The van der Waals surface area contributed by atoms with Gasteiger partial charge in [-0.25, -0.2) is 4.79 Å². The van der Waals surface area contributed by atoms with Crippen LogP contribution in [0.1, 0.15) is 38.8 Å². The van der Waals surface area contributed by atoms with Crippen LogP contribution >= 0.6 is 11.6 Å². The Kier molecular flexibility index (Phi) is 6.61. The molecular formula is C27H19ClNO5-. The summed E-state index contributed by atoms with van der Waals surface area (Å²) in [7, 11) is 0. The minimum absolute atomic E-state index is 0.0260. The van der Waals surface area contributed by atoms with Gasteiger partial charge in [-0.1, -0.05) is 54.1 Å². The number of ether oxygens (including phenoxy) is 1. The van der Waals surface area contributed by atoms with Crippen LogP contribution < -0.4 is 10.0 Å². The molecule has 7 heteroatoms. The van der Waals surface area contributed by atoms with Crippen molar-refractivity contribution < 1.29 is 24.2 Å². The van der Waals surface area contributed by atoms with E-state index in [0.717, 1.165) is 5.56 Å². The van der Waals surface area contributed by atoms with E-state index in [1.165, 1.54) is 17.0 Å². The fourth-order valence-corrected chi connectivity index (χ4v) is 3.81. The Morgan fingerprint density at radius 1 is 1.03 bits per heavy atom. The van der Waals surface area contributed by atoms with Crippen molar-refractivity contribution in [1.29, 1.82) is 0 Å². The lowest BCUT2D eigenvalue weighted by molar-refractivity contribution is -0.255. The summed E-state index contributed by atoms with van der Waals surface area (Å²) < 4.78 is 5.00. The number of hydrogen-bond donors (Lipinski definition) is 0. The molecule has 3 aromatic rings. The van der Waals surface area contributed by atoms with Crippen LogP contribution in [0.3, 0.4) is 0 Å². The Morgan fingerprint density at radius 2 is 1.74 bits per heavy atom. The third kappa shape index (κ3) is 4.63. The summed E-state index contributed by atoms with van der Waals surface area (Å²) >= 11 is 6.00. The molecule has 0 fully saturated rings. The third-order valence-electron chi connectivity index (χ3n) is 5.22. The summed E-state index contributed by atoms with van der Waals surface area (Å²) in [4.78, 5) is 38.3. The third-order valence-corrected chi connectivity index (χ3v) is 5.55. The first-order valence-electron chi connectivity index (χ1n) is 10.5. The first-order chi connectivity index (χ1) is 16.4. The molecule has 0 aliphatic carbocycles. The Bertz CT molecular complexity index is 1330. The monoisotopic (exact) mass is 472 g/mol. The van der Waals surface area contributed by atoms with E-state index in [0.29, 0.717) is 28.1 Å². The number of halogens is 1. The average Bonchev–Trinajstić information content (AvgIpc) is 3.16. The highest BCUT2D eigenvalue weighted by molar-refractivity contribution is 6.33. The summed E-state index contributed by atoms with van der Waals surface area (Å²) in [6.45, 7) is 2.02.